The molecular weight excluding hydrogens is 304 g/mol. The van der Waals surface area contributed by atoms with Gasteiger partial charge in [-0.1, -0.05) is 0 Å². The Morgan fingerprint density at radius 2 is 2.10 bits per heavy atom. The number of carbonyl (C=O) groups excluding carboxylic acids is 1. The zero-order chi connectivity index (χ0) is 15.9. The minimum atomic E-state index is -3.29. The maximum atomic E-state index is 11.6. The van der Waals surface area contributed by atoms with Crippen molar-refractivity contribution < 1.29 is 32.6 Å². The van der Waals surface area contributed by atoms with Gasteiger partial charge >= 0.3 is 12.0 Å². The molecule has 0 radical (unpaired) electrons. The van der Waals surface area contributed by atoms with E-state index in [2.05, 4.69) is 10.6 Å². The van der Waals surface area contributed by atoms with Crippen LogP contribution in [0.4, 0.5) is 4.79 Å². The van der Waals surface area contributed by atoms with Crippen LogP contribution in [0.25, 0.3) is 0 Å². The number of sulfone groups is 1. The highest BCUT2D eigenvalue weighted by Crippen LogP contribution is 2.00. The second kappa shape index (κ2) is 8.15. The van der Waals surface area contributed by atoms with E-state index in [9.17, 15) is 18.0 Å². The number of hydrogen-bond donors (Lipinski definition) is 3. The van der Waals surface area contributed by atoms with Crippen molar-refractivity contribution in [2.24, 2.45) is 0 Å². The number of carboxylic acids is 1. The molecule has 1 aliphatic heterocycles. The fraction of sp³-hybridized carbons (Fsp3) is 0.818. The van der Waals surface area contributed by atoms with Gasteiger partial charge in [0.05, 0.1) is 31.7 Å². The lowest BCUT2D eigenvalue weighted by Gasteiger charge is -2.23. The quantitative estimate of drug-likeness (QED) is 0.524. The number of hydrogen-bond acceptors (Lipinski definition) is 6. The monoisotopic (exact) mass is 324 g/mol. The molecule has 0 aliphatic carbocycles. The van der Waals surface area contributed by atoms with Gasteiger partial charge in [-0.15, -0.1) is 0 Å². The highest BCUT2D eigenvalue weighted by Gasteiger charge is 2.22. The summed E-state index contributed by atoms with van der Waals surface area (Å²) in [6.07, 6.45) is 0.542. The molecule has 0 aromatic carbocycles. The first-order valence-electron chi connectivity index (χ1n) is 6.42. The predicted molar refractivity (Wildman–Crippen MR) is 72.8 cm³/mol. The lowest BCUT2D eigenvalue weighted by molar-refractivity contribution is -0.139. The van der Waals surface area contributed by atoms with Crippen LogP contribution in [0, 0.1) is 0 Å². The molecule has 2 amide bonds. The standard InChI is InChI=1S/C11H20N2O7S/c1-21(17,18)5-2-9(10(14)15)13-11(16)12-6-8-7-19-3-4-20-8/h8-9H,2-7H2,1H3,(H,14,15)(H2,12,13,16). The van der Waals surface area contributed by atoms with Crippen LogP contribution >= 0.6 is 0 Å². The highest BCUT2D eigenvalue weighted by molar-refractivity contribution is 7.90. The molecule has 10 heteroatoms. The third kappa shape index (κ3) is 7.83. The Morgan fingerprint density at radius 3 is 2.62 bits per heavy atom. The summed E-state index contributed by atoms with van der Waals surface area (Å²) in [6, 6.07) is -1.95. The lowest BCUT2D eigenvalue weighted by Crippen LogP contribution is -2.49. The van der Waals surface area contributed by atoms with Gasteiger partial charge in [0, 0.05) is 12.8 Å². The Balaban J connectivity index is 2.35. The number of rotatable bonds is 7. The Labute approximate surface area is 122 Å². The van der Waals surface area contributed by atoms with Crippen LogP contribution < -0.4 is 10.6 Å². The van der Waals surface area contributed by atoms with Crippen molar-refractivity contribution >= 4 is 21.8 Å². The van der Waals surface area contributed by atoms with E-state index >= 15 is 0 Å². The van der Waals surface area contributed by atoms with Gasteiger partial charge in [-0.2, -0.15) is 0 Å². The molecule has 0 aromatic rings. The zero-order valence-corrected chi connectivity index (χ0v) is 12.5. The van der Waals surface area contributed by atoms with Crippen LogP contribution in [-0.2, 0) is 24.1 Å². The van der Waals surface area contributed by atoms with Crippen LogP contribution in [0.3, 0.4) is 0 Å². The SMILES string of the molecule is CS(=O)(=O)CCC(NC(=O)NCC1COCCO1)C(=O)O. The molecule has 122 valence electrons. The average Bonchev–Trinajstić information content (AvgIpc) is 2.41. The minimum absolute atomic E-state index is 0.185. The third-order valence-electron chi connectivity index (χ3n) is 2.76. The fourth-order valence-electron chi connectivity index (χ4n) is 1.66. The molecule has 0 spiro atoms. The summed E-state index contributed by atoms with van der Waals surface area (Å²) >= 11 is 0. The number of aliphatic carboxylic acids is 1. The van der Waals surface area contributed by atoms with Crippen molar-refractivity contribution in [1.29, 1.82) is 0 Å². The van der Waals surface area contributed by atoms with E-state index < -0.39 is 27.9 Å². The first kappa shape index (κ1) is 17.7. The van der Waals surface area contributed by atoms with E-state index in [4.69, 9.17) is 14.6 Å². The first-order valence-corrected chi connectivity index (χ1v) is 8.48. The van der Waals surface area contributed by atoms with Gasteiger partial charge in [-0.05, 0) is 6.42 Å². The maximum Gasteiger partial charge on any atom is 0.326 e. The summed E-state index contributed by atoms with van der Waals surface area (Å²) in [5.41, 5.74) is 0. The normalized spacial score (nSPS) is 20.5. The van der Waals surface area contributed by atoms with E-state index in [1.54, 1.807) is 0 Å². The Bertz CT molecular complexity index is 459. The zero-order valence-electron chi connectivity index (χ0n) is 11.7. The van der Waals surface area contributed by atoms with Crippen molar-refractivity contribution in [2.45, 2.75) is 18.6 Å². The summed E-state index contributed by atoms with van der Waals surface area (Å²) in [6.45, 7) is 1.50. The number of nitrogens with one attached hydrogen (secondary N) is 2. The van der Waals surface area contributed by atoms with Crippen LogP contribution in [-0.4, -0.2) is 76.0 Å². The lowest BCUT2D eigenvalue weighted by atomic mass is 10.2. The largest absolute Gasteiger partial charge is 0.480 e. The number of urea groups is 1. The Kier molecular flexibility index (Phi) is 6.85. The highest BCUT2D eigenvalue weighted by atomic mass is 32.2. The van der Waals surface area contributed by atoms with Crippen LogP contribution in [0.1, 0.15) is 6.42 Å². The molecule has 9 nitrogen and oxygen atoms in total. The Hall–Kier alpha value is -1.39. The van der Waals surface area contributed by atoms with Gasteiger partial charge in [0.2, 0.25) is 0 Å². The molecule has 1 heterocycles. The van der Waals surface area contributed by atoms with E-state index in [-0.39, 0.29) is 24.8 Å². The summed E-state index contributed by atoms with van der Waals surface area (Å²) in [7, 11) is -3.29. The van der Waals surface area contributed by atoms with Gasteiger partial charge in [0.15, 0.2) is 0 Å². The molecule has 21 heavy (non-hydrogen) atoms. The summed E-state index contributed by atoms with van der Waals surface area (Å²) < 4.78 is 32.5. The second-order valence-electron chi connectivity index (χ2n) is 4.73. The Morgan fingerprint density at radius 1 is 1.38 bits per heavy atom. The molecule has 2 unspecified atom stereocenters. The molecule has 0 bridgehead atoms. The van der Waals surface area contributed by atoms with E-state index in [1.807, 2.05) is 0 Å². The van der Waals surface area contributed by atoms with Gasteiger partial charge in [0.25, 0.3) is 0 Å². The third-order valence-corrected chi connectivity index (χ3v) is 3.73. The van der Waals surface area contributed by atoms with Crippen molar-refractivity contribution in [1.82, 2.24) is 10.6 Å². The number of carbonyl (C=O) groups is 2. The summed E-state index contributed by atoms with van der Waals surface area (Å²) in [5.74, 6) is -1.60. The maximum absolute atomic E-state index is 11.6. The van der Waals surface area contributed by atoms with Gasteiger partial charge in [-0.3, -0.25) is 0 Å². The predicted octanol–water partition coefficient (Wildman–Crippen LogP) is -1.41. The molecule has 1 fully saturated rings. The minimum Gasteiger partial charge on any atom is -0.480 e. The molecule has 1 aliphatic rings. The topological polar surface area (TPSA) is 131 Å². The van der Waals surface area contributed by atoms with E-state index in [0.29, 0.717) is 19.8 Å². The summed E-state index contributed by atoms with van der Waals surface area (Å²) in [5, 5.41) is 13.6. The van der Waals surface area contributed by atoms with Crippen molar-refractivity contribution in [3.05, 3.63) is 0 Å². The van der Waals surface area contributed by atoms with Gasteiger partial charge in [0.1, 0.15) is 15.9 Å². The molecule has 2 atom stereocenters. The average molecular weight is 324 g/mol. The molecule has 0 saturated carbocycles. The van der Waals surface area contributed by atoms with Crippen LogP contribution in [0.5, 0.6) is 0 Å². The molecule has 0 aromatic heterocycles. The second-order valence-corrected chi connectivity index (χ2v) is 6.99. The number of ether oxygens (including phenoxy) is 2. The van der Waals surface area contributed by atoms with Crippen LogP contribution in [0.2, 0.25) is 0 Å². The van der Waals surface area contributed by atoms with E-state index in [1.165, 1.54) is 0 Å². The smallest absolute Gasteiger partial charge is 0.326 e. The van der Waals surface area contributed by atoms with Crippen molar-refractivity contribution in [2.75, 3.05) is 38.4 Å². The van der Waals surface area contributed by atoms with Crippen LogP contribution in [0.15, 0.2) is 0 Å². The molecule has 1 rings (SSSR count). The number of carboxylic acid groups (broad SMARTS) is 1. The molecule has 3 N–H and O–H groups in total. The number of amides is 2. The van der Waals surface area contributed by atoms with Crippen molar-refractivity contribution in [3.8, 4) is 0 Å². The fourth-order valence-corrected chi connectivity index (χ4v) is 2.32. The first-order chi connectivity index (χ1) is 9.78. The van der Waals surface area contributed by atoms with Crippen molar-refractivity contribution in [3.63, 3.8) is 0 Å². The van der Waals surface area contributed by atoms with Gasteiger partial charge < -0.3 is 25.2 Å². The molecular formula is C11H20N2O7S. The van der Waals surface area contributed by atoms with Gasteiger partial charge in [-0.25, -0.2) is 18.0 Å². The molecule has 1 saturated heterocycles. The summed E-state index contributed by atoms with van der Waals surface area (Å²) in [4.78, 5) is 22.6. The van der Waals surface area contributed by atoms with E-state index in [0.717, 1.165) is 6.26 Å².